The minimum atomic E-state index is -0.649. The molecule has 1 aromatic carbocycles. The Labute approximate surface area is 166 Å². The number of amides is 3. The van der Waals surface area contributed by atoms with Crippen molar-refractivity contribution < 1.29 is 14.3 Å². The zero-order chi connectivity index (χ0) is 20.5. The van der Waals surface area contributed by atoms with Gasteiger partial charge in [-0.25, -0.2) is 4.79 Å². The summed E-state index contributed by atoms with van der Waals surface area (Å²) in [5.74, 6) is 0.714. The van der Waals surface area contributed by atoms with Gasteiger partial charge in [0.05, 0.1) is 13.2 Å². The average molecular weight is 384 g/mol. The number of urea groups is 1. The van der Waals surface area contributed by atoms with Gasteiger partial charge in [0.1, 0.15) is 18.3 Å². The zero-order valence-corrected chi connectivity index (χ0v) is 16.7. The first-order valence-corrected chi connectivity index (χ1v) is 9.48. The molecular formula is C21H28N4O3. The molecule has 1 unspecified atom stereocenters. The van der Waals surface area contributed by atoms with Crippen LogP contribution in [-0.2, 0) is 4.79 Å². The summed E-state index contributed by atoms with van der Waals surface area (Å²) in [6.45, 7) is 4.96. The Morgan fingerprint density at radius 3 is 2.75 bits per heavy atom. The predicted molar refractivity (Wildman–Crippen MR) is 108 cm³/mol. The molecular weight excluding hydrogens is 356 g/mol. The monoisotopic (exact) mass is 384 g/mol. The van der Waals surface area contributed by atoms with Crippen LogP contribution in [0.25, 0.3) is 5.57 Å². The molecule has 28 heavy (non-hydrogen) atoms. The van der Waals surface area contributed by atoms with Crippen molar-refractivity contribution in [1.29, 1.82) is 5.26 Å². The van der Waals surface area contributed by atoms with E-state index in [9.17, 15) is 9.59 Å². The maximum absolute atomic E-state index is 12.6. The molecule has 1 aromatic rings. The summed E-state index contributed by atoms with van der Waals surface area (Å²) in [5.41, 5.74) is 2.27. The topological polar surface area (TPSA) is 94.5 Å². The van der Waals surface area contributed by atoms with E-state index in [1.807, 2.05) is 50.3 Å². The van der Waals surface area contributed by atoms with E-state index in [0.29, 0.717) is 19.5 Å². The number of hydrogen-bond acceptors (Lipinski definition) is 4. The molecule has 0 saturated carbocycles. The normalized spacial score (nSPS) is 14.7. The van der Waals surface area contributed by atoms with Crippen molar-refractivity contribution in [1.82, 2.24) is 15.5 Å². The smallest absolute Gasteiger partial charge is 0.318 e. The highest BCUT2D eigenvalue weighted by molar-refractivity contribution is 5.87. The second-order valence-electron chi connectivity index (χ2n) is 7.16. The molecule has 0 radical (unpaired) electrons. The van der Waals surface area contributed by atoms with Gasteiger partial charge in [-0.3, -0.25) is 4.79 Å². The van der Waals surface area contributed by atoms with Crippen molar-refractivity contribution in [2.24, 2.45) is 5.92 Å². The fraction of sp³-hybridized carbons (Fsp3) is 0.476. The SMILES string of the molecule is COc1cccc(C2=CCN(C(=O)NC(CC(C)C)C(=O)NCC#N)CC2)c1. The molecule has 0 aliphatic carbocycles. The number of nitriles is 1. The number of carbonyl (C=O) groups is 2. The highest BCUT2D eigenvalue weighted by atomic mass is 16.5. The Balaban J connectivity index is 1.99. The van der Waals surface area contributed by atoms with Crippen molar-refractivity contribution in [3.8, 4) is 11.8 Å². The molecule has 7 heteroatoms. The Bertz CT molecular complexity index is 767. The zero-order valence-electron chi connectivity index (χ0n) is 16.7. The second-order valence-corrected chi connectivity index (χ2v) is 7.16. The molecule has 2 N–H and O–H groups in total. The van der Waals surface area contributed by atoms with Gasteiger partial charge in [-0.05, 0) is 42.0 Å². The van der Waals surface area contributed by atoms with Crippen molar-refractivity contribution in [3.05, 3.63) is 35.9 Å². The molecule has 1 aliphatic heterocycles. The van der Waals surface area contributed by atoms with Crippen molar-refractivity contribution in [3.63, 3.8) is 0 Å². The van der Waals surface area contributed by atoms with Crippen LogP contribution in [0.5, 0.6) is 5.75 Å². The van der Waals surface area contributed by atoms with E-state index in [1.165, 1.54) is 5.57 Å². The second kappa shape index (κ2) is 10.4. The first kappa shape index (κ1) is 21.3. The number of nitrogens with zero attached hydrogens (tertiary/aromatic N) is 2. The predicted octanol–water partition coefficient (Wildman–Crippen LogP) is 2.55. The van der Waals surface area contributed by atoms with Crippen LogP contribution in [0.1, 0.15) is 32.3 Å². The lowest BCUT2D eigenvalue weighted by Crippen LogP contribution is -2.52. The van der Waals surface area contributed by atoms with Crippen LogP contribution in [0, 0.1) is 17.2 Å². The number of methoxy groups -OCH3 is 1. The van der Waals surface area contributed by atoms with Crippen LogP contribution in [0.3, 0.4) is 0 Å². The number of rotatable bonds is 7. The summed E-state index contributed by atoms with van der Waals surface area (Å²) in [7, 11) is 1.64. The minimum Gasteiger partial charge on any atom is -0.497 e. The van der Waals surface area contributed by atoms with E-state index >= 15 is 0 Å². The third kappa shape index (κ3) is 6.02. The largest absolute Gasteiger partial charge is 0.497 e. The number of benzene rings is 1. The highest BCUT2D eigenvalue weighted by Crippen LogP contribution is 2.25. The molecule has 1 heterocycles. The average Bonchev–Trinajstić information content (AvgIpc) is 2.71. The summed E-state index contributed by atoms with van der Waals surface area (Å²) in [4.78, 5) is 26.6. The van der Waals surface area contributed by atoms with Crippen molar-refractivity contribution in [2.45, 2.75) is 32.7 Å². The number of nitrogens with one attached hydrogen (secondary N) is 2. The molecule has 0 bridgehead atoms. The van der Waals surface area contributed by atoms with E-state index < -0.39 is 6.04 Å². The van der Waals surface area contributed by atoms with Gasteiger partial charge in [0, 0.05) is 13.1 Å². The molecule has 0 fully saturated rings. The third-order valence-corrected chi connectivity index (χ3v) is 4.60. The molecule has 1 atom stereocenters. The van der Waals surface area contributed by atoms with Gasteiger partial charge in [-0.15, -0.1) is 0 Å². The van der Waals surface area contributed by atoms with E-state index in [1.54, 1.807) is 12.0 Å². The highest BCUT2D eigenvalue weighted by Gasteiger charge is 2.25. The molecule has 7 nitrogen and oxygen atoms in total. The van der Waals surface area contributed by atoms with Crippen LogP contribution in [0.15, 0.2) is 30.3 Å². The Morgan fingerprint density at radius 2 is 2.14 bits per heavy atom. The van der Waals surface area contributed by atoms with Gasteiger partial charge in [0.25, 0.3) is 0 Å². The lowest BCUT2D eigenvalue weighted by atomic mass is 9.99. The Morgan fingerprint density at radius 1 is 1.36 bits per heavy atom. The molecule has 1 aliphatic rings. The quantitative estimate of drug-likeness (QED) is 0.707. The Kier molecular flexibility index (Phi) is 7.88. The van der Waals surface area contributed by atoms with Gasteiger partial charge in [0.2, 0.25) is 5.91 Å². The van der Waals surface area contributed by atoms with E-state index in [4.69, 9.17) is 10.00 Å². The summed E-state index contributed by atoms with van der Waals surface area (Å²) >= 11 is 0. The number of carbonyl (C=O) groups excluding carboxylic acids is 2. The van der Waals surface area contributed by atoms with Crippen LogP contribution in [0.4, 0.5) is 4.79 Å². The molecule has 3 amide bonds. The lowest BCUT2D eigenvalue weighted by molar-refractivity contribution is -0.123. The van der Waals surface area contributed by atoms with Crippen LogP contribution in [0.2, 0.25) is 0 Å². The van der Waals surface area contributed by atoms with Crippen LogP contribution >= 0.6 is 0 Å². The van der Waals surface area contributed by atoms with Crippen molar-refractivity contribution >= 4 is 17.5 Å². The fourth-order valence-corrected chi connectivity index (χ4v) is 3.13. The van der Waals surface area contributed by atoms with Gasteiger partial charge < -0.3 is 20.3 Å². The molecule has 2 rings (SSSR count). The Hall–Kier alpha value is -3.01. The molecule has 150 valence electrons. The standard InChI is InChI=1S/C21H28N4O3/c1-15(2)13-19(20(26)23-10-9-22)24-21(27)25-11-7-16(8-12-25)17-5-4-6-18(14-17)28-3/h4-7,14-15,19H,8,10-13H2,1-3H3,(H,23,26)(H,24,27). The van der Waals surface area contributed by atoms with Crippen LogP contribution < -0.4 is 15.4 Å². The third-order valence-electron chi connectivity index (χ3n) is 4.60. The molecule has 0 aromatic heterocycles. The number of ether oxygens (including phenoxy) is 1. The van der Waals surface area contributed by atoms with Gasteiger partial charge in [-0.1, -0.05) is 32.1 Å². The fourth-order valence-electron chi connectivity index (χ4n) is 3.13. The van der Waals surface area contributed by atoms with Gasteiger partial charge in [-0.2, -0.15) is 5.26 Å². The maximum atomic E-state index is 12.6. The minimum absolute atomic E-state index is 0.0698. The molecule has 0 saturated heterocycles. The lowest BCUT2D eigenvalue weighted by Gasteiger charge is -2.29. The number of hydrogen-bond donors (Lipinski definition) is 2. The van der Waals surface area contributed by atoms with Gasteiger partial charge >= 0.3 is 6.03 Å². The van der Waals surface area contributed by atoms with E-state index in [0.717, 1.165) is 17.7 Å². The molecule has 0 spiro atoms. The summed E-state index contributed by atoms with van der Waals surface area (Å²) in [6.07, 6.45) is 3.28. The first-order chi connectivity index (χ1) is 13.4. The van der Waals surface area contributed by atoms with Gasteiger partial charge in [0.15, 0.2) is 0 Å². The first-order valence-electron chi connectivity index (χ1n) is 9.48. The maximum Gasteiger partial charge on any atom is 0.318 e. The summed E-state index contributed by atoms with van der Waals surface area (Å²) in [6, 6.07) is 8.83. The summed E-state index contributed by atoms with van der Waals surface area (Å²) in [5, 5.41) is 14.0. The summed E-state index contributed by atoms with van der Waals surface area (Å²) < 4.78 is 5.27. The van der Waals surface area contributed by atoms with Crippen LogP contribution in [-0.4, -0.2) is 49.6 Å². The van der Waals surface area contributed by atoms with Crippen molar-refractivity contribution in [2.75, 3.05) is 26.7 Å². The van der Waals surface area contributed by atoms with E-state index in [2.05, 4.69) is 10.6 Å². The van der Waals surface area contributed by atoms with E-state index in [-0.39, 0.29) is 24.4 Å².